The molecule has 0 spiro atoms. The van der Waals surface area contributed by atoms with Crippen LogP contribution >= 0.6 is 0 Å². The lowest BCUT2D eigenvalue weighted by atomic mass is 9.68. The maximum Gasteiger partial charge on any atom is 0.122 e. The summed E-state index contributed by atoms with van der Waals surface area (Å²) in [7, 11) is 0. The number of para-hydroxylation sites is 2. The number of nitrogens with zero attached hydrogens (tertiary/aromatic N) is 2. The molecule has 1 aromatic heterocycles. The van der Waals surface area contributed by atoms with Crippen molar-refractivity contribution in [3.05, 3.63) is 294 Å². The normalized spacial score (nSPS) is 13.9. The minimum atomic E-state index is -0.612. The molecule has 0 amide bonds. The summed E-state index contributed by atoms with van der Waals surface area (Å²) in [5.41, 5.74) is 18.6. The van der Waals surface area contributed by atoms with Gasteiger partial charge in [-0.15, -0.1) is 0 Å². The Labute approximate surface area is 373 Å². The quantitative estimate of drug-likeness (QED) is 0.156. The van der Waals surface area contributed by atoms with Crippen LogP contribution < -0.4 is 4.90 Å². The monoisotopic (exact) mass is 814 g/mol. The van der Waals surface area contributed by atoms with Gasteiger partial charge in [-0.05, 0) is 98.1 Å². The van der Waals surface area contributed by atoms with Crippen molar-refractivity contribution >= 4 is 38.9 Å². The van der Waals surface area contributed by atoms with Gasteiger partial charge >= 0.3 is 0 Å². The zero-order valence-electron chi connectivity index (χ0n) is 35.1. The fourth-order valence-corrected chi connectivity index (χ4v) is 11.7. The zero-order chi connectivity index (χ0) is 42.2. The Balaban J connectivity index is 1.10. The summed E-state index contributed by atoms with van der Waals surface area (Å²) in [6.45, 7) is 0. The molecule has 0 saturated heterocycles. The van der Waals surface area contributed by atoms with Crippen LogP contribution in [0.15, 0.2) is 255 Å². The van der Waals surface area contributed by atoms with Crippen LogP contribution in [0, 0.1) is 0 Å². The molecular formula is C62H42N2. The lowest BCUT2D eigenvalue weighted by molar-refractivity contribution is 0.564. The first-order chi connectivity index (χ1) is 31.8. The van der Waals surface area contributed by atoms with Crippen LogP contribution in [-0.2, 0) is 11.0 Å². The maximum absolute atomic E-state index is 2.64. The van der Waals surface area contributed by atoms with Crippen molar-refractivity contribution in [3.63, 3.8) is 0 Å². The van der Waals surface area contributed by atoms with Crippen molar-refractivity contribution in [2.45, 2.75) is 11.0 Å². The van der Waals surface area contributed by atoms with E-state index in [2.05, 4.69) is 264 Å². The molecule has 10 aromatic carbocycles. The second-order valence-corrected chi connectivity index (χ2v) is 17.1. The highest BCUT2D eigenvalue weighted by Crippen LogP contribution is 2.60. The standard InChI is InChI=1S/C62H42N2/c1-5-22-43(23-6-1)61(44-24-7-2-8-25-44)53-34-17-15-33-51(53)60-56(61)37-21-39-59(60)63(46-28-11-4-12-29-46)47-40-41-58-52(42-47)50-32-16-20-38-57(50)64(58)62(45-26-9-3-10-27-45)54-35-18-13-30-48(54)49-31-14-19-36-55(49)62/h1-42H. The Kier molecular flexibility index (Phi) is 8.07. The lowest BCUT2D eigenvalue weighted by Gasteiger charge is -2.36. The Morgan fingerprint density at radius 3 is 1.44 bits per heavy atom. The fourth-order valence-electron chi connectivity index (χ4n) is 11.7. The highest BCUT2D eigenvalue weighted by Gasteiger charge is 2.49. The van der Waals surface area contributed by atoms with Gasteiger partial charge in [0, 0.05) is 27.7 Å². The van der Waals surface area contributed by atoms with Crippen LogP contribution in [0.1, 0.15) is 38.9 Å². The van der Waals surface area contributed by atoms with E-state index in [-0.39, 0.29) is 0 Å². The van der Waals surface area contributed by atoms with Gasteiger partial charge in [-0.2, -0.15) is 0 Å². The molecule has 0 aliphatic heterocycles. The SMILES string of the molecule is c1ccc(N(c2ccc3c(c2)c2ccccc2n3C2(c3ccccc3)c3ccccc3-c3ccccc32)c2cccc3c2-c2ccccc2C3(c2ccccc2)c2ccccc2)cc1. The summed E-state index contributed by atoms with van der Waals surface area (Å²) in [4.78, 5) is 2.49. The molecule has 64 heavy (non-hydrogen) atoms. The molecule has 0 atom stereocenters. The van der Waals surface area contributed by atoms with Crippen molar-refractivity contribution in [2.24, 2.45) is 0 Å². The average molecular weight is 815 g/mol. The van der Waals surface area contributed by atoms with E-state index in [1.807, 2.05) is 0 Å². The molecule has 2 heteroatoms. The van der Waals surface area contributed by atoms with Gasteiger partial charge < -0.3 is 9.47 Å². The van der Waals surface area contributed by atoms with Crippen molar-refractivity contribution in [2.75, 3.05) is 4.90 Å². The van der Waals surface area contributed by atoms with E-state index in [9.17, 15) is 0 Å². The van der Waals surface area contributed by atoms with Crippen molar-refractivity contribution in [1.82, 2.24) is 4.57 Å². The number of benzene rings is 10. The molecule has 300 valence electrons. The third kappa shape index (κ3) is 4.91. The zero-order valence-corrected chi connectivity index (χ0v) is 35.1. The third-order valence-electron chi connectivity index (χ3n) is 14.1. The smallest absolute Gasteiger partial charge is 0.122 e. The number of fused-ring (bicyclic) bond motifs is 9. The maximum atomic E-state index is 2.64. The Hall–Kier alpha value is -8.20. The van der Waals surface area contributed by atoms with E-state index in [1.54, 1.807) is 0 Å². The number of anilines is 3. The third-order valence-corrected chi connectivity index (χ3v) is 14.1. The predicted octanol–water partition coefficient (Wildman–Crippen LogP) is 15.4. The number of hydrogen-bond donors (Lipinski definition) is 0. The van der Waals surface area contributed by atoms with E-state index >= 15 is 0 Å². The molecule has 2 aliphatic carbocycles. The Morgan fingerprint density at radius 2 is 0.797 bits per heavy atom. The summed E-state index contributed by atoms with van der Waals surface area (Å²) >= 11 is 0. The van der Waals surface area contributed by atoms with Crippen LogP contribution in [0.4, 0.5) is 17.1 Å². The summed E-state index contributed by atoms with van der Waals surface area (Å²) < 4.78 is 2.64. The largest absolute Gasteiger partial charge is 0.322 e. The van der Waals surface area contributed by atoms with Crippen LogP contribution in [0.2, 0.25) is 0 Å². The molecule has 0 saturated carbocycles. The van der Waals surface area contributed by atoms with Crippen molar-refractivity contribution in [1.29, 1.82) is 0 Å². The highest BCUT2D eigenvalue weighted by molar-refractivity contribution is 6.11. The van der Waals surface area contributed by atoms with Crippen molar-refractivity contribution < 1.29 is 0 Å². The summed E-state index contributed by atoms with van der Waals surface area (Å²) in [6.07, 6.45) is 0. The first-order valence-electron chi connectivity index (χ1n) is 22.3. The first-order valence-corrected chi connectivity index (χ1v) is 22.3. The lowest BCUT2D eigenvalue weighted by Crippen LogP contribution is -2.35. The number of hydrogen-bond acceptors (Lipinski definition) is 1. The van der Waals surface area contributed by atoms with Crippen LogP contribution in [0.5, 0.6) is 0 Å². The van der Waals surface area contributed by atoms with Gasteiger partial charge in [0.2, 0.25) is 0 Å². The highest BCUT2D eigenvalue weighted by atomic mass is 15.1. The van der Waals surface area contributed by atoms with Gasteiger partial charge in [-0.25, -0.2) is 0 Å². The van der Waals surface area contributed by atoms with Gasteiger partial charge in [0.15, 0.2) is 0 Å². The van der Waals surface area contributed by atoms with Crippen molar-refractivity contribution in [3.8, 4) is 22.3 Å². The number of aromatic nitrogens is 1. The second-order valence-electron chi connectivity index (χ2n) is 17.1. The molecule has 0 fully saturated rings. The van der Waals surface area contributed by atoms with E-state index in [1.165, 1.54) is 83.0 Å². The van der Waals surface area contributed by atoms with E-state index < -0.39 is 11.0 Å². The molecule has 0 bridgehead atoms. The molecule has 2 nitrogen and oxygen atoms in total. The van der Waals surface area contributed by atoms with Gasteiger partial charge in [0.25, 0.3) is 0 Å². The molecule has 13 rings (SSSR count). The number of rotatable bonds is 7. The van der Waals surface area contributed by atoms with Crippen LogP contribution in [0.25, 0.3) is 44.1 Å². The fraction of sp³-hybridized carbons (Fsp3) is 0.0323. The molecule has 0 unspecified atom stereocenters. The van der Waals surface area contributed by atoms with Crippen LogP contribution in [-0.4, -0.2) is 4.57 Å². The molecule has 0 radical (unpaired) electrons. The molecular weight excluding hydrogens is 773 g/mol. The average Bonchev–Trinajstić information content (AvgIpc) is 3.98. The Morgan fingerprint density at radius 1 is 0.312 bits per heavy atom. The summed E-state index contributed by atoms with van der Waals surface area (Å²) in [6, 6.07) is 94.4. The molecule has 11 aromatic rings. The minimum absolute atomic E-state index is 0.510. The van der Waals surface area contributed by atoms with Gasteiger partial charge in [0.05, 0.1) is 22.1 Å². The van der Waals surface area contributed by atoms with E-state index in [0.29, 0.717) is 0 Å². The first kappa shape index (κ1) is 36.5. The van der Waals surface area contributed by atoms with Gasteiger partial charge in [-0.1, -0.05) is 212 Å². The Bertz CT molecular complexity index is 3470. The van der Waals surface area contributed by atoms with Gasteiger partial charge in [-0.3, -0.25) is 0 Å². The molecule has 0 N–H and O–H groups in total. The van der Waals surface area contributed by atoms with E-state index in [0.717, 1.165) is 17.1 Å². The summed E-state index contributed by atoms with van der Waals surface area (Å²) in [5.74, 6) is 0. The topological polar surface area (TPSA) is 8.17 Å². The summed E-state index contributed by atoms with van der Waals surface area (Å²) in [5, 5.41) is 2.43. The second kappa shape index (κ2) is 14.2. The minimum Gasteiger partial charge on any atom is -0.322 e. The predicted molar refractivity (Wildman–Crippen MR) is 265 cm³/mol. The van der Waals surface area contributed by atoms with Gasteiger partial charge in [0.1, 0.15) is 5.54 Å². The molecule has 1 heterocycles. The molecule has 2 aliphatic rings. The van der Waals surface area contributed by atoms with E-state index in [4.69, 9.17) is 0 Å². The van der Waals surface area contributed by atoms with Crippen LogP contribution in [0.3, 0.4) is 0 Å².